The number of aliphatic carboxylic acids is 1. The molecule has 2 heterocycles. The van der Waals surface area contributed by atoms with Gasteiger partial charge < -0.3 is 14.4 Å². The first-order chi connectivity index (χ1) is 11.5. The highest BCUT2D eigenvalue weighted by Gasteiger charge is 2.32. The van der Waals surface area contributed by atoms with E-state index in [4.69, 9.17) is 16.3 Å². The lowest BCUT2D eigenvalue weighted by atomic mass is 10.1. The minimum atomic E-state index is -0.829. The highest BCUT2D eigenvalue weighted by molar-refractivity contribution is 6.30. The van der Waals surface area contributed by atoms with E-state index < -0.39 is 12.0 Å². The quantitative estimate of drug-likeness (QED) is 0.802. The van der Waals surface area contributed by atoms with Crippen LogP contribution in [0.2, 0.25) is 5.02 Å². The molecule has 1 unspecified atom stereocenters. The van der Waals surface area contributed by atoms with Gasteiger partial charge in [0.1, 0.15) is 23.4 Å². The molecule has 2 aromatic rings. The molecule has 0 radical (unpaired) electrons. The molecule has 1 aliphatic heterocycles. The molecule has 1 aromatic carbocycles. The van der Waals surface area contributed by atoms with Gasteiger partial charge in [-0.25, -0.2) is 0 Å². The van der Waals surface area contributed by atoms with E-state index in [-0.39, 0.29) is 0 Å². The van der Waals surface area contributed by atoms with Crippen molar-refractivity contribution in [3.8, 4) is 5.75 Å². The molecular formula is C16H19ClN4O3. The van der Waals surface area contributed by atoms with Crippen LogP contribution in [0.25, 0.3) is 0 Å². The Kier molecular flexibility index (Phi) is 5.01. The first kappa shape index (κ1) is 16.7. The highest BCUT2D eigenvalue weighted by atomic mass is 35.5. The molecule has 1 aromatic heterocycles. The third kappa shape index (κ3) is 3.68. The van der Waals surface area contributed by atoms with Gasteiger partial charge in [0.15, 0.2) is 0 Å². The van der Waals surface area contributed by atoms with Crippen molar-refractivity contribution < 1.29 is 14.6 Å². The molecule has 0 saturated heterocycles. The Morgan fingerprint density at radius 2 is 2.29 bits per heavy atom. The summed E-state index contributed by atoms with van der Waals surface area (Å²) in [4.78, 5) is 13.5. The second-order valence-electron chi connectivity index (χ2n) is 5.76. The Bertz CT molecular complexity index is 734. The van der Waals surface area contributed by atoms with Crippen LogP contribution in [0.1, 0.15) is 18.1 Å². The maximum Gasteiger partial charge on any atom is 0.322 e. The van der Waals surface area contributed by atoms with Crippen molar-refractivity contribution >= 4 is 17.6 Å². The van der Waals surface area contributed by atoms with Crippen molar-refractivity contribution in [1.29, 1.82) is 0 Å². The third-order valence-electron chi connectivity index (χ3n) is 4.09. The number of fused-ring (bicyclic) bond motifs is 1. The monoisotopic (exact) mass is 350 g/mol. The van der Waals surface area contributed by atoms with E-state index in [1.54, 1.807) is 12.1 Å². The predicted octanol–water partition coefficient (Wildman–Crippen LogP) is 1.98. The number of aromatic nitrogens is 3. The summed E-state index contributed by atoms with van der Waals surface area (Å²) in [7, 11) is 0. The minimum absolute atomic E-state index is 0.374. The summed E-state index contributed by atoms with van der Waals surface area (Å²) in [6.45, 7) is 3.80. The first-order valence-electron chi connectivity index (χ1n) is 7.78. The van der Waals surface area contributed by atoms with Gasteiger partial charge in [0.25, 0.3) is 0 Å². The summed E-state index contributed by atoms with van der Waals surface area (Å²) < 4.78 is 7.53. The van der Waals surface area contributed by atoms with Crippen molar-refractivity contribution in [2.45, 2.75) is 32.5 Å². The van der Waals surface area contributed by atoms with E-state index in [2.05, 4.69) is 10.2 Å². The fraction of sp³-hybridized carbons (Fsp3) is 0.438. The molecule has 0 amide bonds. The van der Waals surface area contributed by atoms with Crippen LogP contribution in [0.5, 0.6) is 5.75 Å². The molecule has 7 nitrogen and oxygen atoms in total. The van der Waals surface area contributed by atoms with Crippen LogP contribution < -0.4 is 4.74 Å². The van der Waals surface area contributed by atoms with Crippen LogP contribution in [-0.4, -0.2) is 49.9 Å². The second-order valence-corrected chi connectivity index (χ2v) is 6.19. The van der Waals surface area contributed by atoms with Crippen molar-refractivity contribution in [3.05, 3.63) is 40.9 Å². The summed E-state index contributed by atoms with van der Waals surface area (Å²) >= 11 is 5.91. The Morgan fingerprint density at radius 3 is 3.04 bits per heavy atom. The van der Waals surface area contributed by atoms with Gasteiger partial charge in [-0.15, -0.1) is 10.2 Å². The molecule has 0 fully saturated rings. The summed E-state index contributed by atoms with van der Waals surface area (Å²) in [6, 6.07) is 6.65. The molecule has 1 aliphatic rings. The molecule has 128 valence electrons. The zero-order chi connectivity index (χ0) is 17.1. The molecular weight excluding hydrogens is 332 g/mol. The van der Waals surface area contributed by atoms with Crippen molar-refractivity contribution in [2.75, 3.05) is 13.2 Å². The number of hydrogen-bond acceptors (Lipinski definition) is 5. The summed E-state index contributed by atoms with van der Waals surface area (Å²) in [5, 5.41) is 18.3. The van der Waals surface area contributed by atoms with Gasteiger partial charge in [-0.3, -0.25) is 9.69 Å². The van der Waals surface area contributed by atoms with E-state index in [0.29, 0.717) is 43.4 Å². The maximum atomic E-state index is 11.6. The molecule has 1 atom stereocenters. The standard InChI is InChI=1S/C16H19ClN4O3/c1-11-18-19-15-10-20(14(16(22)23)9-21(11)15)6-3-7-24-13-5-2-4-12(17)8-13/h2,4-5,8,14H,3,6-7,9-10H2,1H3,(H,22,23). The zero-order valence-corrected chi connectivity index (χ0v) is 14.1. The van der Waals surface area contributed by atoms with E-state index in [0.717, 1.165) is 11.6 Å². The van der Waals surface area contributed by atoms with Crippen molar-refractivity contribution in [1.82, 2.24) is 19.7 Å². The Labute approximate surface area is 144 Å². The highest BCUT2D eigenvalue weighted by Crippen LogP contribution is 2.19. The van der Waals surface area contributed by atoms with Crippen LogP contribution in [0.15, 0.2) is 24.3 Å². The fourth-order valence-electron chi connectivity index (χ4n) is 2.84. The number of carbonyl (C=O) groups is 1. The largest absolute Gasteiger partial charge is 0.493 e. The number of hydrogen-bond donors (Lipinski definition) is 1. The second kappa shape index (κ2) is 7.19. The maximum absolute atomic E-state index is 11.6. The number of rotatable bonds is 6. The SMILES string of the molecule is Cc1nnc2n1CC(C(=O)O)N(CCCOc1cccc(Cl)c1)C2. The molecule has 0 aliphatic carbocycles. The number of halogens is 1. The van der Waals surface area contributed by atoms with Gasteiger partial charge in [0, 0.05) is 11.6 Å². The molecule has 8 heteroatoms. The molecule has 0 bridgehead atoms. The van der Waals surface area contributed by atoms with Crippen LogP contribution in [0.3, 0.4) is 0 Å². The molecule has 0 saturated carbocycles. The number of aryl methyl sites for hydroxylation is 1. The topological polar surface area (TPSA) is 80.5 Å². The lowest BCUT2D eigenvalue weighted by molar-refractivity contribution is -0.145. The summed E-state index contributed by atoms with van der Waals surface area (Å²) in [5.41, 5.74) is 0. The number of carboxylic acid groups (broad SMARTS) is 1. The lowest BCUT2D eigenvalue weighted by Crippen LogP contribution is -2.48. The van der Waals surface area contributed by atoms with Gasteiger partial charge in [-0.05, 0) is 31.5 Å². The van der Waals surface area contributed by atoms with Crippen molar-refractivity contribution in [3.63, 3.8) is 0 Å². The predicted molar refractivity (Wildman–Crippen MR) is 88.2 cm³/mol. The normalized spacial score (nSPS) is 17.5. The van der Waals surface area contributed by atoms with Gasteiger partial charge >= 0.3 is 5.97 Å². The summed E-state index contributed by atoms with van der Waals surface area (Å²) in [6.07, 6.45) is 0.712. The first-order valence-corrected chi connectivity index (χ1v) is 8.16. The number of benzene rings is 1. The van der Waals surface area contributed by atoms with Crippen LogP contribution >= 0.6 is 11.6 Å². The Balaban J connectivity index is 1.56. The Morgan fingerprint density at radius 1 is 1.46 bits per heavy atom. The van der Waals surface area contributed by atoms with Crippen LogP contribution in [0, 0.1) is 6.92 Å². The molecule has 0 spiro atoms. The fourth-order valence-corrected chi connectivity index (χ4v) is 3.02. The third-order valence-corrected chi connectivity index (χ3v) is 4.33. The molecule has 24 heavy (non-hydrogen) atoms. The van der Waals surface area contributed by atoms with E-state index in [9.17, 15) is 9.90 Å². The summed E-state index contributed by atoms with van der Waals surface area (Å²) in [5.74, 6) is 1.44. The van der Waals surface area contributed by atoms with Crippen LogP contribution in [0.4, 0.5) is 0 Å². The zero-order valence-electron chi connectivity index (χ0n) is 13.4. The van der Waals surface area contributed by atoms with E-state index in [1.165, 1.54) is 0 Å². The number of ether oxygens (including phenoxy) is 1. The molecule has 3 rings (SSSR count). The molecule has 1 N–H and O–H groups in total. The smallest absolute Gasteiger partial charge is 0.322 e. The van der Waals surface area contributed by atoms with Gasteiger partial charge in [-0.1, -0.05) is 17.7 Å². The van der Waals surface area contributed by atoms with Crippen molar-refractivity contribution in [2.24, 2.45) is 0 Å². The van der Waals surface area contributed by atoms with Gasteiger partial charge in [-0.2, -0.15) is 0 Å². The number of carboxylic acids is 1. The van der Waals surface area contributed by atoms with E-state index in [1.807, 2.05) is 28.5 Å². The van der Waals surface area contributed by atoms with Crippen LogP contribution in [-0.2, 0) is 17.9 Å². The van der Waals surface area contributed by atoms with Gasteiger partial charge in [0.05, 0.1) is 19.7 Å². The Hall–Kier alpha value is -2.12. The van der Waals surface area contributed by atoms with E-state index >= 15 is 0 Å². The number of nitrogens with zero attached hydrogens (tertiary/aromatic N) is 4. The average molecular weight is 351 g/mol. The minimum Gasteiger partial charge on any atom is -0.493 e. The lowest BCUT2D eigenvalue weighted by Gasteiger charge is -2.33. The average Bonchev–Trinajstić information content (AvgIpc) is 2.91. The van der Waals surface area contributed by atoms with Gasteiger partial charge in [0.2, 0.25) is 0 Å².